The predicted octanol–water partition coefficient (Wildman–Crippen LogP) is 14.5. The molecule has 5 heteroatoms. The third-order valence-corrected chi connectivity index (χ3v) is 9.23. The Balaban J connectivity index is 0.000000389. The Kier molecular flexibility index (Phi) is 19.3. The van der Waals surface area contributed by atoms with Gasteiger partial charge in [0.05, 0.1) is 0 Å². The molecule has 287 valence electrons. The maximum Gasteiger partial charge on any atom is 0 e. The molecule has 0 aromatic heterocycles. The van der Waals surface area contributed by atoms with Crippen LogP contribution in [0.25, 0.3) is 10.6 Å². The number of hydrogen-bond acceptors (Lipinski definition) is 2. The minimum absolute atomic E-state index is 0. The monoisotopic (exact) mass is 797 g/mol. The van der Waals surface area contributed by atoms with Gasteiger partial charge in [-0.2, -0.15) is 43.3 Å². The van der Waals surface area contributed by atoms with E-state index in [4.69, 9.17) is 10.6 Å². The van der Waals surface area contributed by atoms with Gasteiger partial charge in [-0.05, 0) is 51.9 Å². The van der Waals surface area contributed by atoms with Gasteiger partial charge in [0.1, 0.15) is 0 Å². The second kappa shape index (κ2) is 22.5. The number of anilines is 2. The van der Waals surface area contributed by atoms with Crippen molar-refractivity contribution in [2.24, 2.45) is 0 Å². The van der Waals surface area contributed by atoms with Crippen LogP contribution in [-0.2, 0) is 32.7 Å². The third-order valence-electron chi connectivity index (χ3n) is 9.23. The van der Waals surface area contributed by atoms with Crippen molar-refractivity contribution in [3.63, 3.8) is 0 Å². The topological polar surface area (TPSA) is 34.7 Å². The molecule has 5 aromatic carbocycles. The zero-order chi connectivity index (χ0) is 39.2. The second-order valence-corrected chi connectivity index (χ2v) is 15.3. The molecule has 0 atom stereocenters. The van der Waals surface area contributed by atoms with E-state index in [9.17, 15) is 0 Å². The fourth-order valence-corrected chi connectivity index (χ4v) is 6.26. The van der Waals surface area contributed by atoms with Gasteiger partial charge in [-0.25, -0.2) is 0 Å². The number of rotatable bonds is 11. The van der Waals surface area contributed by atoms with E-state index in [1.165, 1.54) is 33.6 Å². The molecular weight excluding hydrogens is 733 g/mol. The van der Waals surface area contributed by atoms with Crippen LogP contribution < -0.4 is 9.80 Å². The van der Waals surface area contributed by atoms with Crippen molar-refractivity contribution in [3.8, 4) is 0 Å². The summed E-state index contributed by atoms with van der Waals surface area (Å²) in [7, 11) is 8.07. The molecule has 0 bridgehead atoms. The van der Waals surface area contributed by atoms with Crippen LogP contribution in [-0.4, -0.2) is 28.2 Å². The van der Waals surface area contributed by atoms with Crippen molar-refractivity contribution in [2.75, 3.05) is 38.0 Å². The Morgan fingerprint density at radius 2 is 0.704 bits per heavy atom. The first-order valence-electron chi connectivity index (χ1n) is 19.0. The van der Waals surface area contributed by atoms with Gasteiger partial charge in [-0.15, -0.1) is 23.5 Å². The van der Waals surface area contributed by atoms with Gasteiger partial charge >= 0.3 is 0 Å². The van der Waals surface area contributed by atoms with E-state index in [0.29, 0.717) is 23.7 Å². The van der Waals surface area contributed by atoms with Crippen LogP contribution in [0.4, 0.5) is 22.7 Å². The van der Waals surface area contributed by atoms with Gasteiger partial charge in [0, 0.05) is 32.7 Å². The van der Waals surface area contributed by atoms with Crippen LogP contribution in [0, 0.1) is 13.8 Å². The van der Waals surface area contributed by atoms with Gasteiger partial charge in [0.2, 0.25) is 0 Å². The molecule has 0 saturated carbocycles. The van der Waals surface area contributed by atoms with E-state index < -0.39 is 0 Å². The molecule has 0 amide bonds. The molecule has 0 unspecified atom stereocenters. The summed E-state index contributed by atoms with van der Waals surface area (Å²) in [6, 6.07) is 39.9. The maximum atomic E-state index is 5.40. The van der Waals surface area contributed by atoms with E-state index >= 15 is 0 Å². The molecule has 1 radical (unpaired) electrons. The Labute approximate surface area is 355 Å². The Hall–Kier alpha value is -3.86. The van der Waals surface area contributed by atoms with Crippen molar-refractivity contribution in [1.29, 1.82) is 0 Å². The summed E-state index contributed by atoms with van der Waals surface area (Å²) >= 11 is 0. The van der Waals surface area contributed by atoms with E-state index in [1.54, 1.807) is 0 Å². The average Bonchev–Trinajstić information content (AvgIpc) is 3.12. The summed E-state index contributed by atoms with van der Waals surface area (Å²) in [5, 5.41) is 10.8. The molecule has 0 fully saturated rings. The van der Waals surface area contributed by atoms with E-state index in [1.807, 2.05) is 64.6 Å². The third kappa shape index (κ3) is 13.2. The molecule has 0 aliphatic heterocycles. The van der Waals surface area contributed by atoms with Crippen molar-refractivity contribution in [3.05, 3.63) is 179 Å². The molecule has 0 aliphatic carbocycles. The summed E-state index contributed by atoms with van der Waals surface area (Å²) in [5.41, 5.74) is 13.0. The molecule has 0 saturated heterocycles. The summed E-state index contributed by atoms with van der Waals surface area (Å²) in [5.74, 6) is 1.59. The van der Waals surface area contributed by atoms with Gasteiger partial charge in [0.25, 0.3) is 0 Å². The van der Waals surface area contributed by atoms with Gasteiger partial charge < -0.3 is 20.4 Å². The Bertz CT molecular complexity index is 1660. The molecule has 4 nitrogen and oxygen atoms in total. The standard InChI is InChI=1S/C31H40N2.2C9H12N.Y/c1-20(2)25-16-12-17-26(21(3)4)29(25)32-31(24-14-10-9-11-15-24)33-30-27(22(5)6)18-13-19-28(30)23(7)8;2*1-8-6-4-5-7-9(8)10(2)3;/h9-23,31H,1-8H3;2*4-7H,1H2,2-3H3;/q-2;2*-1;. The van der Waals surface area contributed by atoms with E-state index in [0.717, 1.165) is 28.1 Å². The first-order chi connectivity index (χ1) is 25.1. The van der Waals surface area contributed by atoms with Crippen LogP contribution in [0.2, 0.25) is 0 Å². The minimum atomic E-state index is -0.291. The Morgan fingerprint density at radius 1 is 0.407 bits per heavy atom. The molecule has 0 heterocycles. The molecule has 5 aromatic rings. The van der Waals surface area contributed by atoms with Crippen molar-refractivity contribution in [2.45, 2.75) is 85.2 Å². The fourth-order valence-electron chi connectivity index (χ4n) is 6.26. The first-order valence-corrected chi connectivity index (χ1v) is 19.0. The van der Waals surface area contributed by atoms with Crippen LogP contribution in [0.1, 0.15) is 124 Å². The Morgan fingerprint density at radius 3 is 0.963 bits per heavy atom. The normalized spacial score (nSPS) is 10.7. The van der Waals surface area contributed by atoms with Crippen LogP contribution >= 0.6 is 0 Å². The van der Waals surface area contributed by atoms with Crippen LogP contribution in [0.3, 0.4) is 0 Å². The molecule has 5 rings (SSSR count). The smallest absolute Gasteiger partial charge is 0 e. The van der Waals surface area contributed by atoms with E-state index in [2.05, 4.69) is 158 Å². The summed E-state index contributed by atoms with van der Waals surface area (Å²) in [6.07, 6.45) is -0.291. The number of benzene rings is 5. The maximum absolute atomic E-state index is 5.40. The molecular formula is C49H64N4Y-4. The SMILES string of the molecule is CC(C)c1cccc(C(C)C)c1[N-]C([N-]c1c(C(C)C)cccc1C(C)C)c1ccccc1.[CH2-]c1ccccc1N(C)C.[CH2-]c1ccccc1N(C)C.[Y]. The van der Waals surface area contributed by atoms with Crippen LogP contribution in [0.15, 0.2) is 115 Å². The van der Waals surface area contributed by atoms with Gasteiger partial charge in [-0.3, -0.25) is 0 Å². The first kappa shape index (κ1) is 46.3. The quantitative estimate of drug-likeness (QED) is 0.125. The van der Waals surface area contributed by atoms with Crippen molar-refractivity contribution < 1.29 is 32.7 Å². The van der Waals surface area contributed by atoms with Gasteiger partial charge in [0.15, 0.2) is 0 Å². The largest absolute Gasteiger partial charge is 0.693 e. The summed E-state index contributed by atoms with van der Waals surface area (Å²) < 4.78 is 0. The average molecular weight is 798 g/mol. The zero-order valence-electron chi connectivity index (χ0n) is 35.1. The molecule has 0 spiro atoms. The number of para-hydroxylation sites is 4. The minimum Gasteiger partial charge on any atom is -0.693 e. The second-order valence-electron chi connectivity index (χ2n) is 15.3. The zero-order valence-corrected chi connectivity index (χ0v) is 38.0. The number of hydrogen-bond donors (Lipinski definition) is 0. The summed E-state index contributed by atoms with van der Waals surface area (Å²) in [4.78, 5) is 4.12. The van der Waals surface area contributed by atoms with E-state index in [-0.39, 0.29) is 38.9 Å². The van der Waals surface area contributed by atoms with Crippen LogP contribution in [0.5, 0.6) is 0 Å². The molecule has 0 N–H and O–H groups in total. The summed E-state index contributed by atoms with van der Waals surface area (Å²) in [6.45, 7) is 25.8. The van der Waals surface area contributed by atoms with Crippen molar-refractivity contribution >= 4 is 22.7 Å². The fraction of sp³-hybridized carbons (Fsp3) is 0.347. The molecule has 0 aliphatic rings. The van der Waals surface area contributed by atoms with Crippen molar-refractivity contribution in [1.82, 2.24) is 0 Å². The predicted molar refractivity (Wildman–Crippen MR) is 235 cm³/mol. The number of nitrogens with zero attached hydrogens (tertiary/aromatic N) is 4. The van der Waals surface area contributed by atoms with Gasteiger partial charge in [-0.1, -0.05) is 186 Å². The molecule has 54 heavy (non-hydrogen) atoms.